The fourth-order valence-electron chi connectivity index (χ4n) is 2.41. The van der Waals surface area contributed by atoms with Crippen LogP contribution in [0.2, 0.25) is 0 Å². The lowest BCUT2D eigenvalue weighted by atomic mass is 9.95. The summed E-state index contributed by atoms with van der Waals surface area (Å²) in [5, 5.41) is 18.2. The van der Waals surface area contributed by atoms with Crippen molar-refractivity contribution in [2.75, 3.05) is 32.8 Å². The molecule has 0 amide bonds. The second-order valence-electron chi connectivity index (χ2n) is 5.96. The van der Waals surface area contributed by atoms with Crippen LogP contribution < -0.4 is 10.6 Å². The Morgan fingerprint density at radius 3 is 2.62 bits per heavy atom. The minimum Gasteiger partial charge on any atom is -0.388 e. The van der Waals surface area contributed by atoms with Crippen molar-refractivity contribution in [3.63, 3.8) is 0 Å². The second kappa shape index (κ2) is 10.5. The number of aliphatic hydroxyl groups is 1. The number of guanidine groups is 1. The van der Waals surface area contributed by atoms with Crippen LogP contribution in [0.3, 0.4) is 0 Å². The van der Waals surface area contributed by atoms with E-state index in [1.54, 1.807) is 11.3 Å². The van der Waals surface area contributed by atoms with Crippen LogP contribution >= 0.6 is 35.3 Å². The molecule has 1 fully saturated rings. The van der Waals surface area contributed by atoms with E-state index in [1.165, 1.54) is 4.88 Å². The van der Waals surface area contributed by atoms with E-state index in [9.17, 15) is 5.11 Å². The van der Waals surface area contributed by atoms with Gasteiger partial charge >= 0.3 is 0 Å². The van der Waals surface area contributed by atoms with Crippen LogP contribution in [-0.4, -0.2) is 54.5 Å². The van der Waals surface area contributed by atoms with Crippen LogP contribution in [0.1, 0.15) is 35.3 Å². The molecule has 24 heavy (non-hydrogen) atoms. The zero-order valence-corrected chi connectivity index (χ0v) is 17.9. The molecule has 0 bridgehead atoms. The number of ether oxygens (including phenoxy) is 1. The predicted octanol–water partition coefficient (Wildman–Crippen LogP) is 2.02. The zero-order valence-electron chi connectivity index (χ0n) is 14.7. The molecule has 0 saturated carbocycles. The van der Waals surface area contributed by atoms with Crippen molar-refractivity contribution in [3.8, 4) is 0 Å². The molecule has 3 N–H and O–H groups in total. The van der Waals surface area contributed by atoms with Crippen LogP contribution in [0, 0.1) is 13.8 Å². The third-order valence-corrected chi connectivity index (χ3v) is 5.14. The Labute approximate surface area is 165 Å². The molecule has 2 heterocycles. The number of nitrogens with one attached hydrogen (secondary N) is 2. The summed E-state index contributed by atoms with van der Waals surface area (Å²) in [5.41, 5.74) is 0.386. The Hall–Kier alpha value is -0.450. The van der Waals surface area contributed by atoms with Gasteiger partial charge in [-0.2, -0.15) is 0 Å². The van der Waals surface area contributed by atoms with Crippen molar-refractivity contribution in [2.45, 2.75) is 45.6 Å². The molecule has 1 saturated heterocycles. The summed E-state index contributed by atoms with van der Waals surface area (Å²) in [7, 11) is 0. The van der Waals surface area contributed by atoms with Gasteiger partial charge in [0, 0.05) is 50.4 Å². The Morgan fingerprint density at radius 1 is 1.33 bits per heavy atom. The van der Waals surface area contributed by atoms with Crippen molar-refractivity contribution in [3.05, 3.63) is 15.6 Å². The smallest absolute Gasteiger partial charge is 0.191 e. The first-order valence-electron chi connectivity index (χ1n) is 8.27. The van der Waals surface area contributed by atoms with Gasteiger partial charge in [-0.05, 0) is 20.8 Å². The molecule has 8 heteroatoms. The first-order chi connectivity index (χ1) is 11.0. The number of aromatic nitrogens is 1. The van der Waals surface area contributed by atoms with Crippen LogP contribution in [0.25, 0.3) is 0 Å². The van der Waals surface area contributed by atoms with Crippen LogP contribution in [-0.2, 0) is 11.2 Å². The molecule has 0 aromatic carbocycles. The largest absolute Gasteiger partial charge is 0.388 e. The van der Waals surface area contributed by atoms with Gasteiger partial charge in [0.05, 0.1) is 22.8 Å². The number of halogens is 1. The fourth-order valence-corrected chi connectivity index (χ4v) is 3.34. The number of aliphatic imine (C=N–C) groups is 1. The minimum atomic E-state index is -0.732. The highest BCUT2D eigenvalue weighted by molar-refractivity contribution is 14.0. The normalized spacial score (nSPS) is 17.2. The standard InChI is InChI=1S/C16H28N4O2S.HI/c1-4-17-15(19-11-16(21)6-9-22-10-7-16)18-8-5-14-20-12(2)13(3)23-14;/h21H,4-11H2,1-3H3,(H2,17,18,19);1H. The van der Waals surface area contributed by atoms with Gasteiger partial charge in [-0.1, -0.05) is 0 Å². The molecule has 138 valence electrons. The molecule has 1 aromatic heterocycles. The third kappa shape index (κ3) is 6.81. The molecule has 1 aliphatic heterocycles. The Morgan fingerprint density at radius 2 is 2.04 bits per heavy atom. The topological polar surface area (TPSA) is 78.8 Å². The van der Waals surface area contributed by atoms with Crippen LogP contribution in [0.4, 0.5) is 0 Å². The summed E-state index contributed by atoms with van der Waals surface area (Å²) in [4.78, 5) is 10.4. The quantitative estimate of drug-likeness (QED) is 0.338. The third-order valence-electron chi connectivity index (χ3n) is 4.00. The molecular formula is C16H29IN4O2S. The van der Waals surface area contributed by atoms with E-state index in [0.717, 1.165) is 36.2 Å². The highest BCUT2D eigenvalue weighted by Crippen LogP contribution is 2.20. The summed E-state index contributed by atoms with van der Waals surface area (Å²) >= 11 is 1.75. The van der Waals surface area contributed by atoms with Crippen molar-refractivity contribution >= 4 is 41.3 Å². The Kier molecular flexibility index (Phi) is 9.47. The van der Waals surface area contributed by atoms with Gasteiger partial charge in [0.25, 0.3) is 0 Å². The average molecular weight is 468 g/mol. The molecule has 1 aliphatic rings. The summed E-state index contributed by atoms with van der Waals surface area (Å²) in [6.45, 7) is 9.38. The van der Waals surface area contributed by atoms with Gasteiger partial charge in [0.15, 0.2) is 5.96 Å². The number of hydrogen-bond donors (Lipinski definition) is 3. The molecule has 0 atom stereocenters. The van der Waals surface area contributed by atoms with Crippen molar-refractivity contribution < 1.29 is 9.84 Å². The van der Waals surface area contributed by atoms with Gasteiger partial charge in [0.2, 0.25) is 0 Å². The monoisotopic (exact) mass is 468 g/mol. The molecule has 2 rings (SSSR count). The minimum absolute atomic E-state index is 0. The van der Waals surface area contributed by atoms with Gasteiger partial charge in [0.1, 0.15) is 0 Å². The maximum absolute atomic E-state index is 10.5. The Balaban J connectivity index is 0.00000288. The second-order valence-corrected chi connectivity index (χ2v) is 7.25. The summed E-state index contributed by atoms with van der Waals surface area (Å²) < 4.78 is 5.30. The fraction of sp³-hybridized carbons (Fsp3) is 0.750. The van der Waals surface area contributed by atoms with Crippen LogP contribution in [0.5, 0.6) is 0 Å². The van der Waals surface area contributed by atoms with Gasteiger partial charge < -0.3 is 20.5 Å². The summed E-state index contributed by atoms with van der Waals surface area (Å²) in [5.74, 6) is 0.748. The molecule has 0 spiro atoms. The van der Waals surface area contributed by atoms with E-state index in [1.807, 2.05) is 13.8 Å². The molecule has 6 nitrogen and oxygen atoms in total. The molecular weight excluding hydrogens is 439 g/mol. The summed E-state index contributed by atoms with van der Waals surface area (Å²) in [6.07, 6.45) is 2.17. The van der Waals surface area contributed by atoms with Crippen molar-refractivity contribution in [2.24, 2.45) is 4.99 Å². The first kappa shape index (κ1) is 21.6. The van der Waals surface area contributed by atoms with E-state index in [2.05, 4.69) is 27.5 Å². The van der Waals surface area contributed by atoms with Crippen LogP contribution in [0.15, 0.2) is 4.99 Å². The van der Waals surface area contributed by atoms with E-state index < -0.39 is 5.60 Å². The summed E-state index contributed by atoms with van der Waals surface area (Å²) in [6, 6.07) is 0. The maximum atomic E-state index is 10.5. The number of thiazole rings is 1. The molecule has 0 radical (unpaired) electrons. The van der Waals surface area contributed by atoms with E-state index in [-0.39, 0.29) is 24.0 Å². The van der Waals surface area contributed by atoms with Gasteiger partial charge in [-0.3, -0.25) is 4.99 Å². The van der Waals surface area contributed by atoms with E-state index in [4.69, 9.17) is 4.74 Å². The SMILES string of the molecule is CCNC(=NCC1(O)CCOCC1)NCCc1nc(C)c(C)s1.I. The molecule has 0 unspecified atom stereocenters. The number of hydrogen-bond acceptors (Lipinski definition) is 5. The zero-order chi connectivity index (χ0) is 16.7. The van der Waals surface area contributed by atoms with Gasteiger partial charge in [-0.15, -0.1) is 35.3 Å². The maximum Gasteiger partial charge on any atom is 0.191 e. The first-order valence-corrected chi connectivity index (χ1v) is 9.09. The molecule has 0 aliphatic carbocycles. The average Bonchev–Trinajstić information content (AvgIpc) is 2.84. The molecule has 1 aromatic rings. The highest BCUT2D eigenvalue weighted by atomic mass is 127. The highest BCUT2D eigenvalue weighted by Gasteiger charge is 2.29. The predicted molar refractivity (Wildman–Crippen MR) is 110 cm³/mol. The number of rotatable bonds is 6. The number of nitrogens with zero attached hydrogens (tertiary/aromatic N) is 2. The lowest BCUT2D eigenvalue weighted by molar-refractivity contribution is -0.0565. The van der Waals surface area contributed by atoms with E-state index >= 15 is 0 Å². The van der Waals surface area contributed by atoms with E-state index in [0.29, 0.717) is 32.6 Å². The lowest BCUT2D eigenvalue weighted by Crippen LogP contribution is -2.43. The Bertz CT molecular complexity index is 511. The lowest BCUT2D eigenvalue weighted by Gasteiger charge is -2.30. The van der Waals surface area contributed by atoms with Crippen molar-refractivity contribution in [1.29, 1.82) is 0 Å². The van der Waals surface area contributed by atoms with Gasteiger partial charge in [-0.25, -0.2) is 4.98 Å². The number of aryl methyl sites for hydroxylation is 2. The van der Waals surface area contributed by atoms with Crippen molar-refractivity contribution in [1.82, 2.24) is 15.6 Å².